The molecule has 0 radical (unpaired) electrons. The molecule has 3 amide bonds. The highest BCUT2D eigenvalue weighted by atomic mass is 16.5. The van der Waals surface area contributed by atoms with Gasteiger partial charge in [-0.2, -0.15) is 0 Å². The van der Waals surface area contributed by atoms with Gasteiger partial charge in [-0.15, -0.1) is 0 Å². The summed E-state index contributed by atoms with van der Waals surface area (Å²) in [7, 11) is 3.17. The SMILES string of the molecule is CNC(=O)CCN(C)C(=O)N1CC(C)(OCC(=O)O)C1. The van der Waals surface area contributed by atoms with E-state index in [2.05, 4.69) is 5.32 Å². The van der Waals surface area contributed by atoms with E-state index in [0.29, 0.717) is 19.6 Å². The summed E-state index contributed by atoms with van der Waals surface area (Å²) < 4.78 is 5.23. The van der Waals surface area contributed by atoms with Crippen LogP contribution in [-0.4, -0.2) is 78.8 Å². The first-order chi connectivity index (χ1) is 9.27. The summed E-state index contributed by atoms with van der Waals surface area (Å²) in [5.74, 6) is -1.15. The van der Waals surface area contributed by atoms with Gasteiger partial charge in [0.1, 0.15) is 12.2 Å². The van der Waals surface area contributed by atoms with Gasteiger partial charge in [0, 0.05) is 27.1 Å². The standard InChI is InChI=1S/C12H21N3O5/c1-12(20-6-10(17)18)7-15(8-12)11(19)14(3)5-4-9(16)13-2/h4-8H2,1-3H3,(H,13,16)(H,17,18). The van der Waals surface area contributed by atoms with Crippen molar-refractivity contribution >= 4 is 17.9 Å². The largest absolute Gasteiger partial charge is 0.480 e. The fraction of sp³-hybridized carbons (Fsp3) is 0.750. The van der Waals surface area contributed by atoms with E-state index in [-0.39, 0.29) is 25.0 Å². The van der Waals surface area contributed by atoms with Gasteiger partial charge in [-0.05, 0) is 6.92 Å². The van der Waals surface area contributed by atoms with Crippen molar-refractivity contribution < 1.29 is 24.2 Å². The van der Waals surface area contributed by atoms with Crippen LogP contribution in [0.2, 0.25) is 0 Å². The monoisotopic (exact) mass is 287 g/mol. The van der Waals surface area contributed by atoms with Crippen molar-refractivity contribution in [2.45, 2.75) is 18.9 Å². The van der Waals surface area contributed by atoms with E-state index in [0.717, 1.165) is 0 Å². The lowest BCUT2D eigenvalue weighted by Crippen LogP contribution is -2.65. The second-order valence-electron chi connectivity index (χ2n) is 5.12. The third-order valence-electron chi connectivity index (χ3n) is 3.14. The molecule has 20 heavy (non-hydrogen) atoms. The van der Waals surface area contributed by atoms with E-state index in [1.54, 1.807) is 25.9 Å². The van der Waals surface area contributed by atoms with Crippen LogP contribution in [0.15, 0.2) is 0 Å². The van der Waals surface area contributed by atoms with E-state index in [1.165, 1.54) is 4.90 Å². The Balaban J connectivity index is 2.33. The van der Waals surface area contributed by atoms with E-state index in [9.17, 15) is 14.4 Å². The lowest BCUT2D eigenvalue weighted by molar-refractivity contribution is -0.160. The molecule has 1 fully saturated rings. The molecule has 0 bridgehead atoms. The van der Waals surface area contributed by atoms with Crippen molar-refractivity contribution in [2.24, 2.45) is 0 Å². The predicted octanol–water partition coefficient (Wildman–Crippen LogP) is -0.650. The Morgan fingerprint density at radius 2 is 2.00 bits per heavy atom. The Bertz CT molecular complexity index is 393. The Kier molecular flexibility index (Phi) is 5.32. The molecule has 0 atom stereocenters. The Labute approximate surface area is 117 Å². The lowest BCUT2D eigenvalue weighted by Gasteiger charge is -2.48. The highest BCUT2D eigenvalue weighted by Crippen LogP contribution is 2.25. The molecule has 1 rings (SSSR count). The molecule has 1 aliphatic heterocycles. The minimum absolute atomic E-state index is 0.122. The zero-order valence-corrected chi connectivity index (χ0v) is 12.0. The van der Waals surface area contributed by atoms with Crippen molar-refractivity contribution in [3.8, 4) is 0 Å². The fourth-order valence-corrected chi connectivity index (χ4v) is 1.95. The molecule has 114 valence electrons. The van der Waals surface area contributed by atoms with Crippen molar-refractivity contribution in [1.29, 1.82) is 0 Å². The van der Waals surface area contributed by atoms with Crippen LogP contribution in [0.25, 0.3) is 0 Å². The van der Waals surface area contributed by atoms with E-state index in [1.807, 2.05) is 0 Å². The first-order valence-electron chi connectivity index (χ1n) is 6.34. The van der Waals surface area contributed by atoms with Gasteiger partial charge in [0.05, 0.1) is 13.1 Å². The van der Waals surface area contributed by atoms with E-state index < -0.39 is 11.6 Å². The first-order valence-corrected chi connectivity index (χ1v) is 6.34. The van der Waals surface area contributed by atoms with Gasteiger partial charge in [-0.3, -0.25) is 4.79 Å². The molecular formula is C12H21N3O5. The molecule has 0 spiro atoms. The van der Waals surface area contributed by atoms with Crippen molar-refractivity contribution in [3.63, 3.8) is 0 Å². The Morgan fingerprint density at radius 3 is 2.50 bits per heavy atom. The van der Waals surface area contributed by atoms with Gasteiger partial charge >= 0.3 is 12.0 Å². The molecule has 0 aromatic rings. The smallest absolute Gasteiger partial charge is 0.329 e. The summed E-state index contributed by atoms with van der Waals surface area (Å²) >= 11 is 0. The number of carbonyl (C=O) groups is 3. The van der Waals surface area contributed by atoms with Crippen LogP contribution in [0, 0.1) is 0 Å². The number of hydrogen-bond donors (Lipinski definition) is 2. The number of rotatable bonds is 6. The van der Waals surface area contributed by atoms with Crippen LogP contribution in [0.5, 0.6) is 0 Å². The topological polar surface area (TPSA) is 99.2 Å². The average Bonchev–Trinajstić information content (AvgIpc) is 2.37. The number of aliphatic carboxylic acids is 1. The number of ether oxygens (including phenoxy) is 1. The number of likely N-dealkylation sites (tertiary alicyclic amines) is 1. The van der Waals surface area contributed by atoms with E-state index in [4.69, 9.17) is 9.84 Å². The van der Waals surface area contributed by atoms with Crippen LogP contribution in [0.4, 0.5) is 4.79 Å². The number of nitrogens with zero attached hydrogens (tertiary/aromatic N) is 2. The quantitative estimate of drug-likeness (QED) is 0.676. The molecule has 1 heterocycles. The molecule has 1 saturated heterocycles. The molecule has 8 heteroatoms. The molecule has 1 aliphatic rings. The van der Waals surface area contributed by atoms with Gasteiger partial charge in [-0.1, -0.05) is 0 Å². The summed E-state index contributed by atoms with van der Waals surface area (Å²) in [5, 5.41) is 11.0. The minimum atomic E-state index is -1.03. The van der Waals surface area contributed by atoms with E-state index >= 15 is 0 Å². The van der Waals surface area contributed by atoms with Gasteiger partial charge in [0.2, 0.25) is 5.91 Å². The first kappa shape index (κ1) is 16.2. The molecule has 2 N–H and O–H groups in total. The van der Waals surface area contributed by atoms with Gasteiger partial charge in [0.15, 0.2) is 0 Å². The molecular weight excluding hydrogens is 266 g/mol. The highest BCUT2D eigenvalue weighted by molar-refractivity contribution is 5.78. The molecule has 0 aromatic heterocycles. The van der Waals surface area contributed by atoms with Crippen LogP contribution < -0.4 is 5.32 Å². The number of carboxylic acid groups (broad SMARTS) is 1. The minimum Gasteiger partial charge on any atom is -0.480 e. The second-order valence-corrected chi connectivity index (χ2v) is 5.12. The molecule has 0 saturated carbocycles. The van der Waals surface area contributed by atoms with Gasteiger partial charge in [0.25, 0.3) is 0 Å². The molecule has 0 unspecified atom stereocenters. The number of nitrogens with one attached hydrogen (secondary N) is 1. The fourth-order valence-electron chi connectivity index (χ4n) is 1.95. The highest BCUT2D eigenvalue weighted by Gasteiger charge is 2.43. The zero-order chi connectivity index (χ0) is 15.3. The molecule has 0 aromatic carbocycles. The van der Waals surface area contributed by atoms with Gasteiger partial charge < -0.3 is 25.0 Å². The summed E-state index contributed by atoms with van der Waals surface area (Å²) in [6, 6.07) is -0.190. The summed E-state index contributed by atoms with van der Waals surface area (Å²) in [4.78, 5) is 36.6. The zero-order valence-electron chi connectivity index (χ0n) is 12.0. The van der Waals surface area contributed by atoms with Crippen LogP contribution in [0.3, 0.4) is 0 Å². The molecule has 0 aliphatic carbocycles. The normalized spacial score (nSPS) is 16.2. The van der Waals surface area contributed by atoms with Crippen molar-refractivity contribution in [3.05, 3.63) is 0 Å². The maximum atomic E-state index is 12.0. The van der Waals surface area contributed by atoms with Crippen LogP contribution in [-0.2, 0) is 14.3 Å². The number of amides is 3. The predicted molar refractivity (Wildman–Crippen MR) is 70.3 cm³/mol. The maximum absolute atomic E-state index is 12.0. The second kappa shape index (κ2) is 6.56. The Morgan fingerprint density at radius 1 is 1.40 bits per heavy atom. The lowest BCUT2D eigenvalue weighted by atomic mass is 9.97. The number of carboxylic acids is 1. The average molecular weight is 287 g/mol. The summed E-state index contributed by atoms with van der Waals surface area (Å²) in [6.45, 7) is 2.43. The van der Waals surface area contributed by atoms with Crippen LogP contribution in [0.1, 0.15) is 13.3 Å². The Hall–Kier alpha value is -1.83. The van der Waals surface area contributed by atoms with Crippen molar-refractivity contribution in [1.82, 2.24) is 15.1 Å². The third-order valence-corrected chi connectivity index (χ3v) is 3.14. The third kappa shape index (κ3) is 4.37. The summed E-state index contributed by atoms with van der Waals surface area (Å²) in [5.41, 5.74) is -0.602. The summed E-state index contributed by atoms with van der Waals surface area (Å²) in [6.07, 6.45) is 0.249. The number of hydrogen-bond acceptors (Lipinski definition) is 4. The van der Waals surface area contributed by atoms with Gasteiger partial charge in [-0.25, -0.2) is 9.59 Å². The van der Waals surface area contributed by atoms with Crippen molar-refractivity contribution in [2.75, 3.05) is 40.3 Å². The number of urea groups is 1. The maximum Gasteiger partial charge on any atom is 0.329 e. The molecule has 8 nitrogen and oxygen atoms in total. The van der Waals surface area contributed by atoms with Crippen LogP contribution >= 0.6 is 0 Å². The number of carbonyl (C=O) groups excluding carboxylic acids is 2.